The smallest absolute Gasteiger partial charge is 0.314 e. The van der Waals surface area contributed by atoms with Crippen molar-refractivity contribution in [3.8, 4) is 0 Å². The van der Waals surface area contributed by atoms with Crippen molar-refractivity contribution in [3.63, 3.8) is 0 Å². The molecule has 1 aromatic rings. The van der Waals surface area contributed by atoms with E-state index in [2.05, 4.69) is 5.32 Å². The first-order chi connectivity index (χ1) is 9.02. The number of benzene rings is 1. The lowest BCUT2D eigenvalue weighted by Crippen LogP contribution is -2.33. The largest absolute Gasteiger partial charge is 0.416 e. The highest BCUT2D eigenvalue weighted by Gasteiger charge is 2.35. The molecular formula is C15H20F3N. The van der Waals surface area contributed by atoms with E-state index in [1.807, 2.05) is 6.92 Å². The van der Waals surface area contributed by atoms with Crippen LogP contribution in [0.25, 0.3) is 0 Å². The second kappa shape index (κ2) is 5.95. The summed E-state index contributed by atoms with van der Waals surface area (Å²) >= 11 is 0. The van der Waals surface area contributed by atoms with Crippen LogP contribution in [0.5, 0.6) is 0 Å². The minimum absolute atomic E-state index is 0.0237. The first-order valence-electron chi connectivity index (χ1n) is 6.92. The Hall–Kier alpha value is -1.03. The molecule has 2 rings (SSSR count). The molecule has 1 nitrogen and oxygen atoms in total. The summed E-state index contributed by atoms with van der Waals surface area (Å²) in [5.74, 6) is 0.0237. The van der Waals surface area contributed by atoms with E-state index < -0.39 is 11.7 Å². The summed E-state index contributed by atoms with van der Waals surface area (Å²) in [7, 11) is 0. The van der Waals surface area contributed by atoms with Crippen LogP contribution in [0, 0.1) is 0 Å². The van der Waals surface area contributed by atoms with Gasteiger partial charge in [0, 0.05) is 6.04 Å². The van der Waals surface area contributed by atoms with E-state index in [1.165, 1.54) is 12.1 Å². The monoisotopic (exact) mass is 271 g/mol. The SMILES string of the molecule is CCNC1CCCC(c2ccccc2C(F)(F)F)C1. The van der Waals surface area contributed by atoms with E-state index in [4.69, 9.17) is 0 Å². The fraction of sp³-hybridized carbons (Fsp3) is 0.600. The van der Waals surface area contributed by atoms with Crippen molar-refractivity contribution in [2.45, 2.75) is 50.7 Å². The first-order valence-corrected chi connectivity index (χ1v) is 6.92. The van der Waals surface area contributed by atoms with Crippen LogP contribution in [-0.2, 0) is 6.18 Å². The van der Waals surface area contributed by atoms with Gasteiger partial charge in [0.1, 0.15) is 0 Å². The molecule has 0 aliphatic heterocycles. The molecule has 1 aromatic carbocycles. The second-order valence-corrected chi connectivity index (χ2v) is 5.20. The third-order valence-electron chi connectivity index (χ3n) is 3.87. The summed E-state index contributed by atoms with van der Waals surface area (Å²) in [4.78, 5) is 0. The lowest BCUT2D eigenvalue weighted by atomic mass is 9.79. The quantitative estimate of drug-likeness (QED) is 0.862. The van der Waals surface area contributed by atoms with E-state index in [1.54, 1.807) is 12.1 Å². The molecule has 0 saturated heterocycles. The highest BCUT2D eigenvalue weighted by Crippen LogP contribution is 2.40. The first kappa shape index (κ1) is 14.4. The fourth-order valence-electron chi connectivity index (χ4n) is 3.06. The summed E-state index contributed by atoms with van der Waals surface area (Å²) in [6.07, 6.45) is -0.523. The molecule has 1 saturated carbocycles. The molecule has 0 spiro atoms. The molecule has 0 amide bonds. The van der Waals surface area contributed by atoms with E-state index in [9.17, 15) is 13.2 Å². The highest BCUT2D eigenvalue weighted by molar-refractivity contribution is 5.33. The van der Waals surface area contributed by atoms with Crippen LogP contribution in [-0.4, -0.2) is 12.6 Å². The van der Waals surface area contributed by atoms with Crippen molar-refractivity contribution < 1.29 is 13.2 Å². The topological polar surface area (TPSA) is 12.0 Å². The van der Waals surface area contributed by atoms with Gasteiger partial charge < -0.3 is 5.32 Å². The average Bonchev–Trinajstić information content (AvgIpc) is 2.38. The summed E-state index contributed by atoms with van der Waals surface area (Å²) in [6.45, 7) is 2.91. The Morgan fingerprint density at radius 2 is 1.95 bits per heavy atom. The third kappa shape index (κ3) is 3.50. The van der Waals surface area contributed by atoms with Gasteiger partial charge in [-0.15, -0.1) is 0 Å². The van der Waals surface area contributed by atoms with Gasteiger partial charge in [0.15, 0.2) is 0 Å². The van der Waals surface area contributed by atoms with Gasteiger partial charge in [0.25, 0.3) is 0 Å². The van der Waals surface area contributed by atoms with Gasteiger partial charge in [-0.1, -0.05) is 31.5 Å². The predicted molar refractivity (Wildman–Crippen MR) is 70.1 cm³/mol. The maximum Gasteiger partial charge on any atom is 0.416 e. The molecular weight excluding hydrogens is 251 g/mol. The van der Waals surface area contributed by atoms with Crippen molar-refractivity contribution in [3.05, 3.63) is 35.4 Å². The van der Waals surface area contributed by atoms with Gasteiger partial charge in [-0.05, 0) is 43.4 Å². The summed E-state index contributed by atoms with van der Waals surface area (Å²) in [5, 5.41) is 3.36. The Kier molecular flexibility index (Phi) is 4.50. The van der Waals surface area contributed by atoms with Crippen molar-refractivity contribution in [1.29, 1.82) is 0 Å². The zero-order valence-electron chi connectivity index (χ0n) is 11.1. The molecule has 2 unspecified atom stereocenters. The molecule has 19 heavy (non-hydrogen) atoms. The van der Waals surface area contributed by atoms with Crippen LogP contribution >= 0.6 is 0 Å². The third-order valence-corrected chi connectivity index (χ3v) is 3.87. The number of alkyl halides is 3. The predicted octanol–water partition coefficient (Wildman–Crippen LogP) is 4.34. The van der Waals surface area contributed by atoms with Crippen molar-refractivity contribution in [1.82, 2.24) is 5.32 Å². The Morgan fingerprint density at radius 1 is 1.21 bits per heavy atom. The normalized spacial score (nSPS) is 24.4. The molecule has 2 atom stereocenters. The fourth-order valence-corrected chi connectivity index (χ4v) is 3.06. The van der Waals surface area contributed by atoms with Gasteiger partial charge in [0.2, 0.25) is 0 Å². The maximum absolute atomic E-state index is 13.0. The van der Waals surface area contributed by atoms with Crippen LogP contribution in [0.2, 0.25) is 0 Å². The van der Waals surface area contributed by atoms with E-state index in [0.717, 1.165) is 32.2 Å². The molecule has 0 bridgehead atoms. The Morgan fingerprint density at radius 3 is 2.63 bits per heavy atom. The van der Waals surface area contributed by atoms with Crippen molar-refractivity contribution >= 4 is 0 Å². The second-order valence-electron chi connectivity index (χ2n) is 5.20. The van der Waals surface area contributed by atoms with Crippen LogP contribution in [0.15, 0.2) is 24.3 Å². The van der Waals surface area contributed by atoms with Gasteiger partial charge in [-0.25, -0.2) is 0 Å². The molecule has 1 N–H and O–H groups in total. The molecule has 0 heterocycles. The summed E-state index contributed by atoms with van der Waals surface area (Å²) < 4.78 is 39.1. The van der Waals surface area contributed by atoms with Crippen LogP contribution < -0.4 is 5.32 Å². The standard InChI is InChI=1S/C15H20F3N/c1-2-19-12-7-5-6-11(10-12)13-8-3-4-9-14(13)15(16,17)18/h3-4,8-9,11-12,19H,2,5-7,10H2,1H3. The number of nitrogens with one attached hydrogen (secondary N) is 1. The Balaban J connectivity index is 2.21. The molecule has 1 aliphatic rings. The molecule has 4 heteroatoms. The number of hydrogen-bond donors (Lipinski definition) is 1. The number of rotatable bonds is 3. The van der Waals surface area contributed by atoms with E-state index in [0.29, 0.717) is 11.6 Å². The average molecular weight is 271 g/mol. The lowest BCUT2D eigenvalue weighted by Gasteiger charge is -2.31. The van der Waals surface area contributed by atoms with Gasteiger partial charge >= 0.3 is 6.18 Å². The Labute approximate surface area is 112 Å². The molecule has 1 fully saturated rings. The van der Waals surface area contributed by atoms with Crippen LogP contribution in [0.4, 0.5) is 13.2 Å². The minimum atomic E-state index is -4.25. The zero-order valence-corrected chi connectivity index (χ0v) is 11.1. The molecule has 0 aromatic heterocycles. The van der Waals surface area contributed by atoms with Gasteiger partial charge in [-0.2, -0.15) is 13.2 Å². The van der Waals surface area contributed by atoms with Crippen LogP contribution in [0.3, 0.4) is 0 Å². The van der Waals surface area contributed by atoms with E-state index in [-0.39, 0.29) is 5.92 Å². The van der Waals surface area contributed by atoms with Gasteiger partial charge in [-0.3, -0.25) is 0 Å². The summed E-state index contributed by atoms with van der Waals surface area (Å²) in [6, 6.07) is 6.37. The van der Waals surface area contributed by atoms with Crippen molar-refractivity contribution in [2.75, 3.05) is 6.54 Å². The number of halogens is 3. The van der Waals surface area contributed by atoms with Gasteiger partial charge in [0.05, 0.1) is 5.56 Å². The zero-order chi connectivity index (χ0) is 13.9. The van der Waals surface area contributed by atoms with E-state index >= 15 is 0 Å². The summed E-state index contributed by atoms with van der Waals surface area (Å²) in [5.41, 5.74) is 0.00903. The van der Waals surface area contributed by atoms with Crippen LogP contribution in [0.1, 0.15) is 49.7 Å². The Bertz CT molecular complexity index is 412. The highest BCUT2D eigenvalue weighted by atomic mass is 19.4. The molecule has 0 radical (unpaired) electrons. The minimum Gasteiger partial charge on any atom is -0.314 e. The lowest BCUT2D eigenvalue weighted by molar-refractivity contribution is -0.138. The van der Waals surface area contributed by atoms with Crippen molar-refractivity contribution in [2.24, 2.45) is 0 Å². The molecule has 1 aliphatic carbocycles. The molecule has 106 valence electrons. The maximum atomic E-state index is 13.0. The number of hydrogen-bond acceptors (Lipinski definition) is 1.